The summed E-state index contributed by atoms with van der Waals surface area (Å²) in [6, 6.07) is 5.12. The summed E-state index contributed by atoms with van der Waals surface area (Å²) in [5.74, 6) is -0.0517. The predicted octanol–water partition coefficient (Wildman–Crippen LogP) is 3.48. The van der Waals surface area contributed by atoms with Crippen LogP contribution in [0, 0.1) is 0 Å². The Morgan fingerprint density at radius 3 is 2.84 bits per heavy atom. The molecule has 104 valence electrons. The molecule has 1 aliphatic rings. The van der Waals surface area contributed by atoms with Gasteiger partial charge in [-0.1, -0.05) is 40.4 Å². The molecule has 1 fully saturated rings. The van der Waals surface area contributed by atoms with E-state index in [0.717, 1.165) is 30.2 Å². The molecule has 5 heteroatoms. The second-order valence-electron chi connectivity index (χ2n) is 4.84. The van der Waals surface area contributed by atoms with Crippen molar-refractivity contribution < 1.29 is 9.90 Å². The summed E-state index contributed by atoms with van der Waals surface area (Å²) in [5.41, 5.74) is 0.569. The molecule has 1 aromatic carbocycles. The molecule has 1 aromatic rings. The fraction of sp³-hybridized carbons (Fsp3) is 0.500. The lowest BCUT2D eigenvalue weighted by atomic mass is 10.1. The SMILES string of the molecule is O=C(c1cc(Cl)cc(Br)c1)N1CCCCCC1CO. The van der Waals surface area contributed by atoms with Crippen molar-refractivity contribution in [2.24, 2.45) is 0 Å². The quantitative estimate of drug-likeness (QED) is 0.890. The Kier molecular flexibility index (Phi) is 5.25. The van der Waals surface area contributed by atoms with Crippen molar-refractivity contribution in [3.63, 3.8) is 0 Å². The number of benzene rings is 1. The van der Waals surface area contributed by atoms with E-state index in [-0.39, 0.29) is 18.6 Å². The summed E-state index contributed by atoms with van der Waals surface area (Å²) in [6.07, 6.45) is 4.03. The van der Waals surface area contributed by atoms with Crippen molar-refractivity contribution in [2.45, 2.75) is 31.7 Å². The number of aliphatic hydroxyl groups excluding tert-OH is 1. The van der Waals surface area contributed by atoms with Crippen LogP contribution >= 0.6 is 27.5 Å². The first kappa shape index (κ1) is 14.8. The number of hydrogen-bond donors (Lipinski definition) is 1. The lowest BCUT2D eigenvalue weighted by molar-refractivity contribution is 0.0599. The fourth-order valence-corrected chi connectivity index (χ4v) is 3.34. The maximum Gasteiger partial charge on any atom is 0.254 e. The molecule has 1 unspecified atom stereocenters. The highest BCUT2D eigenvalue weighted by atomic mass is 79.9. The molecule has 3 nitrogen and oxygen atoms in total. The Labute approximate surface area is 126 Å². The molecule has 19 heavy (non-hydrogen) atoms. The number of carbonyl (C=O) groups excluding carboxylic acids is 1. The van der Waals surface area contributed by atoms with E-state index in [1.54, 1.807) is 23.1 Å². The second kappa shape index (κ2) is 6.73. The third-order valence-corrected chi connectivity index (χ3v) is 4.13. The number of nitrogens with zero attached hydrogens (tertiary/aromatic N) is 1. The first-order chi connectivity index (χ1) is 9.11. The van der Waals surface area contributed by atoms with E-state index in [0.29, 0.717) is 17.1 Å². The van der Waals surface area contributed by atoms with Crippen LogP contribution in [0.5, 0.6) is 0 Å². The van der Waals surface area contributed by atoms with Gasteiger partial charge < -0.3 is 10.0 Å². The van der Waals surface area contributed by atoms with Crippen LogP contribution in [0.3, 0.4) is 0 Å². The van der Waals surface area contributed by atoms with Crippen molar-refractivity contribution in [3.8, 4) is 0 Å². The van der Waals surface area contributed by atoms with Gasteiger partial charge in [-0.05, 0) is 31.0 Å². The minimum absolute atomic E-state index is 0.0213. The summed E-state index contributed by atoms with van der Waals surface area (Å²) in [6.45, 7) is 0.724. The largest absolute Gasteiger partial charge is 0.394 e. The third kappa shape index (κ3) is 3.71. The molecular weight excluding hydrogens is 330 g/mol. The number of carbonyl (C=O) groups is 1. The van der Waals surface area contributed by atoms with Gasteiger partial charge in [0.05, 0.1) is 12.6 Å². The zero-order chi connectivity index (χ0) is 13.8. The lowest BCUT2D eigenvalue weighted by Gasteiger charge is -2.28. The highest BCUT2D eigenvalue weighted by Gasteiger charge is 2.25. The smallest absolute Gasteiger partial charge is 0.254 e. The molecule has 1 N–H and O–H groups in total. The molecule has 0 saturated carbocycles. The van der Waals surface area contributed by atoms with E-state index >= 15 is 0 Å². The zero-order valence-corrected chi connectivity index (χ0v) is 13.0. The first-order valence-electron chi connectivity index (χ1n) is 6.49. The van der Waals surface area contributed by atoms with Crippen LogP contribution in [0.4, 0.5) is 0 Å². The standard InChI is InChI=1S/C14H17BrClNO2/c15-11-6-10(7-12(16)8-11)14(19)17-5-3-1-2-4-13(17)9-18/h6-8,13,18H,1-5,9H2. The molecule has 0 aromatic heterocycles. The highest BCUT2D eigenvalue weighted by molar-refractivity contribution is 9.10. The lowest BCUT2D eigenvalue weighted by Crippen LogP contribution is -2.42. The molecule has 2 rings (SSSR count). The molecule has 1 saturated heterocycles. The maximum atomic E-state index is 12.6. The Balaban J connectivity index is 2.25. The Morgan fingerprint density at radius 2 is 2.16 bits per heavy atom. The van der Waals surface area contributed by atoms with Gasteiger partial charge in [-0.15, -0.1) is 0 Å². The van der Waals surface area contributed by atoms with E-state index in [1.165, 1.54) is 0 Å². The predicted molar refractivity (Wildman–Crippen MR) is 79.5 cm³/mol. The zero-order valence-electron chi connectivity index (χ0n) is 10.6. The average molecular weight is 347 g/mol. The first-order valence-corrected chi connectivity index (χ1v) is 7.67. The van der Waals surface area contributed by atoms with E-state index in [4.69, 9.17) is 11.6 Å². The van der Waals surface area contributed by atoms with Crippen LogP contribution in [0.2, 0.25) is 5.02 Å². The van der Waals surface area contributed by atoms with Crippen LogP contribution < -0.4 is 0 Å². The van der Waals surface area contributed by atoms with Gasteiger partial charge in [0.15, 0.2) is 0 Å². The molecule has 0 bridgehead atoms. The highest BCUT2D eigenvalue weighted by Crippen LogP contribution is 2.23. The second-order valence-corrected chi connectivity index (χ2v) is 6.19. The van der Waals surface area contributed by atoms with Crippen LogP contribution in [0.1, 0.15) is 36.0 Å². The van der Waals surface area contributed by atoms with Crippen molar-refractivity contribution in [1.29, 1.82) is 0 Å². The number of halogens is 2. The van der Waals surface area contributed by atoms with Crippen molar-refractivity contribution in [2.75, 3.05) is 13.2 Å². The van der Waals surface area contributed by atoms with Gasteiger partial charge in [-0.3, -0.25) is 4.79 Å². The van der Waals surface area contributed by atoms with Gasteiger partial charge in [0.1, 0.15) is 0 Å². The monoisotopic (exact) mass is 345 g/mol. The summed E-state index contributed by atoms with van der Waals surface area (Å²) in [7, 11) is 0. The summed E-state index contributed by atoms with van der Waals surface area (Å²) < 4.78 is 0.790. The van der Waals surface area contributed by atoms with Crippen molar-refractivity contribution in [3.05, 3.63) is 33.3 Å². The molecule has 1 atom stereocenters. The molecule has 1 heterocycles. The fourth-order valence-electron chi connectivity index (χ4n) is 2.48. The van der Waals surface area contributed by atoms with Gasteiger partial charge in [-0.2, -0.15) is 0 Å². The minimum atomic E-state index is -0.0762. The number of rotatable bonds is 2. The third-order valence-electron chi connectivity index (χ3n) is 3.46. The number of hydrogen-bond acceptors (Lipinski definition) is 2. The van der Waals surface area contributed by atoms with Crippen LogP contribution in [-0.4, -0.2) is 35.1 Å². The van der Waals surface area contributed by atoms with Gasteiger partial charge in [0.25, 0.3) is 5.91 Å². The molecule has 0 spiro atoms. The van der Waals surface area contributed by atoms with E-state index < -0.39 is 0 Å². The number of likely N-dealkylation sites (tertiary alicyclic amines) is 1. The molecule has 0 radical (unpaired) electrons. The normalized spacial score (nSPS) is 20.2. The van der Waals surface area contributed by atoms with Crippen LogP contribution in [0.25, 0.3) is 0 Å². The van der Waals surface area contributed by atoms with Gasteiger partial charge in [-0.25, -0.2) is 0 Å². The number of aliphatic hydroxyl groups is 1. The van der Waals surface area contributed by atoms with Gasteiger partial charge in [0, 0.05) is 21.6 Å². The summed E-state index contributed by atoms with van der Waals surface area (Å²) >= 11 is 9.33. The van der Waals surface area contributed by atoms with Gasteiger partial charge in [0.2, 0.25) is 0 Å². The van der Waals surface area contributed by atoms with E-state index in [1.807, 2.05) is 0 Å². The van der Waals surface area contributed by atoms with E-state index in [2.05, 4.69) is 15.9 Å². The Morgan fingerprint density at radius 1 is 1.37 bits per heavy atom. The molecular formula is C14H17BrClNO2. The average Bonchev–Trinajstić information content (AvgIpc) is 2.61. The molecule has 0 aliphatic carbocycles. The molecule has 1 amide bonds. The van der Waals surface area contributed by atoms with Crippen molar-refractivity contribution in [1.82, 2.24) is 4.90 Å². The summed E-state index contributed by atoms with van der Waals surface area (Å²) in [5, 5.41) is 10.00. The number of amides is 1. The Bertz CT molecular complexity index is 447. The van der Waals surface area contributed by atoms with Crippen LogP contribution in [0.15, 0.2) is 22.7 Å². The molecule has 1 aliphatic heterocycles. The topological polar surface area (TPSA) is 40.5 Å². The summed E-state index contributed by atoms with van der Waals surface area (Å²) in [4.78, 5) is 14.3. The van der Waals surface area contributed by atoms with E-state index in [9.17, 15) is 9.90 Å². The Hall–Kier alpha value is -0.580. The van der Waals surface area contributed by atoms with Crippen LogP contribution in [-0.2, 0) is 0 Å². The maximum absolute atomic E-state index is 12.6. The minimum Gasteiger partial charge on any atom is -0.394 e. The van der Waals surface area contributed by atoms with Crippen molar-refractivity contribution >= 4 is 33.4 Å². The van der Waals surface area contributed by atoms with Gasteiger partial charge >= 0.3 is 0 Å².